The molecule has 0 atom stereocenters. The first-order valence-corrected chi connectivity index (χ1v) is 7.96. The van der Waals surface area contributed by atoms with Crippen LogP contribution in [0.4, 0.5) is 4.79 Å². The SMILES string of the molecule is CCNC(=O)NC(=O)CN(C)Cc1ccc(-c2ccc(Cl)cc2)o1. The minimum atomic E-state index is -0.487. The van der Waals surface area contributed by atoms with Crippen LogP contribution in [-0.4, -0.2) is 37.0 Å². The molecule has 0 bridgehead atoms. The zero-order chi connectivity index (χ0) is 17.5. The fourth-order valence-electron chi connectivity index (χ4n) is 2.17. The molecule has 0 spiro atoms. The third-order valence-electron chi connectivity index (χ3n) is 3.22. The first kappa shape index (κ1) is 18.0. The molecule has 0 saturated heterocycles. The van der Waals surface area contributed by atoms with E-state index in [-0.39, 0.29) is 12.5 Å². The van der Waals surface area contributed by atoms with Crippen LogP contribution in [0.25, 0.3) is 11.3 Å². The summed E-state index contributed by atoms with van der Waals surface area (Å²) in [6.07, 6.45) is 0. The van der Waals surface area contributed by atoms with Gasteiger partial charge in [-0.05, 0) is 50.4 Å². The number of imide groups is 1. The fraction of sp³-hybridized carbons (Fsp3) is 0.294. The van der Waals surface area contributed by atoms with Crippen LogP contribution in [0, 0.1) is 0 Å². The second kappa shape index (κ2) is 8.52. The summed E-state index contributed by atoms with van der Waals surface area (Å²) in [5.41, 5.74) is 0.933. The predicted octanol–water partition coefficient (Wildman–Crippen LogP) is 2.88. The van der Waals surface area contributed by atoms with Crippen molar-refractivity contribution in [1.82, 2.24) is 15.5 Å². The van der Waals surface area contributed by atoms with Gasteiger partial charge in [0.15, 0.2) is 0 Å². The van der Waals surface area contributed by atoms with Gasteiger partial charge in [0.1, 0.15) is 11.5 Å². The van der Waals surface area contributed by atoms with Gasteiger partial charge in [-0.2, -0.15) is 0 Å². The maximum absolute atomic E-state index is 11.7. The van der Waals surface area contributed by atoms with Crippen molar-refractivity contribution in [1.29, 1.82) is 0 Å². The van der Waals surface area contributed by atoms with Crippen molar-refractivity contribution < 1.29 is 14.0 Å². The van der Waals surface area contributed by atoms with Crippen LogP contribution in [0.3, 0.4) is 0 Å². The highest BCUT2D eigenvalue weighted by Crippen LogP contribution is 2.24. The molecule has 0 aliphatic rings. The van der Waals surface area contributed by atoms with E-state index in [9.17, 15) is 9.59 Å². The highest BCUT2D eigenvalue weighted by atomic mass is 35.5. The standard InChI is InChI=1S/C17H20ClN3O3/c1-3-19-17(23)20-16(22)11-21(2)10-14-8-9-15(24-14)12-4-6-13(18)7-5-12/h4-9H,3,10-11H2,1-2H3,(H2,19,20,22,23). The Kier molecular flexibility index (Phi) is 6.40. The van der Waals surface area contributed by atoms with Crippen molar-refractivity contribution >= 4 is 23.5 Å². The minimum absolute atomic E-state index is 0.0914. The summed E-state index contributed by atoms with van der Waals surface area (Å²) in [4.78, 5) is 24.8. The summed E-state index contributed by atoms with van der Waals surface area (Å²) in [6, 6.07) is 10.6. The fourth-order valence-corrected chi connectivity index (χ4v) is 2.30. The highest BCUT2D eigenvalue weighted by Gasteiger charge is 2.12. The lowest BCUT2D eigenvalue weighted by Crippen LogP contribution is -2.43. The first-order chi connectivity index (χ1) is 11.5. The number of rotatable bonds is 6. The molecule has 6 nitrogen and oxygen atoms in total. The summed E-state index contributed by atoms with van der Waals surface area (Å²) in [5.74, 6) is 1.10. The van der Waals surface area contributed by atoms with Gasteiger partial charge in [0, 0.05) is 17.1 Å². The Morgan fingerprint density at radius 2 is 1.88 bits per heavy atom. The van der Waals surface area contributed by atoms with Gasteiger partial charge in [-0.1, -0.05) is 11.6 Å². The van der Waals surface area contributed by atoms with E-state index in [4.69, 9.17) is 16.0 Å². The summed E-state index contributed by atoms with van der Waals surface area (Å²) in [7, 11) is 1.78. The number of nitrogens with zero attached hydrogens (tertiary/aromatic N) is 1. The van der Waals surface area contributed by atoms with E-state index in [1.165, 1.54) is 0 Å². The summed E-state index contributed by atoms with van der Waals surface area (Å²) < 4.78 is 5.79. The molecular weight excluding hydrogens is 330 g/mol. The van der Waals surface area contributed by atoms with E-state index < -0.39 is 6.03 Å². The van der Waals surface area contributed by atoms with E-state index in [2.05, 4.69) is 10.6 Å². The maximum atomic E-state index is 11.7. The predicted molar refractivity (Wildman–Crippen MR) is 92.7 cm³/mol. The molecule has 0 aliphatic carbocycles. The smallest absolute Gasteiger partial charge is 0.321 e. The molecular formula is C17H20ClN3O3. The van der Waals surface area contributed by atoms with Crippen molar-refractivity contribution in [3.05, 3.63) is 47.2 Å². The highest BCUT2D eigenvalue weighted by molar-refractivity contribution is 6.30. The number of hydrogen-bond acceptors (Lipinski definition) is 4. The number of benzene rings is 1. The maximum Gasteiger partial charge on any atom is 0.321 e. The molecule has 1 aromatic carbocycles. The van der Waals surface area contributed by atoms with Crippen molar-refractivity contribution in [2.24, 2.45) is 0 Å². The number of nitrogens with one attached hydrogen (secondary N) is 2. The van der Waals surface area contributed by atoms with Crippen LogP contribution in [0.5, 0.6) is 0 Å². The molecule has 1 heterocycles. The molecule has 7 heteroatoms. The van der Waals surface area contributed by atoms with Gasteiger partial charge >= 0.3 is 6.03 Å². The van der Waals surface area contributed by atoms with E-state index in [0.29, 0.717) is 18.1 Å². The molecule has 2 N–H and O–H groups in total. The second-order valence-electron chi connectivity index (χ2n) is 5.35. The van der Waals surface area contributed by atoms with Crippen LogP contribution in [-0.2, 0) is 11.3 Å². The second-order valence-corrected chi connectivity index (χ2v) is 5.79. The molecule has 2 aromatic rings. The number of furan rings is 1. The van der Waals surface area contributed by atoms with E-state index in [1.54, 1.807) is 31.0 Å². The van der Waals surface area contributed by atoms with Crippen LogP contribution < -0.4 is 10.6 Å². The van der Waals surface area contributed by atoms with Gasteiger partial charge in [0.2, 0.25) is 5.91 Å². The van der Waals surface area contributed by atoms with Gasteiger partial charge in [-0.15, -0.1) is 0 Å². The van der Waals surface area contributed by atoms with Gasteiger partial charge in [-0.3, -0.25) is 15.0 Å². The molecule has 0 saturated carbocycles. The van der Waals surface area contributed by atoms with Crippen molar-refractivity contribution in [2.75, 3.05) is 20.1 Å². The molecule has 0 fully saturated rings. The Morgan fingerprint density at radius 3 is 2.54 bits per heavy atom. The average Bonchev–Trinajstić information content (AvgIpc) is 2.96. The molecule has 24 heavy (non-hydrogen) atoms. The van der Waals surface area contributed by atoms with Crippen LogP contribution in [0.15, 0.2) is 40.8 Å². The van der Waals surface area contributed by atoms with Crippen molar-refractivity contribution in [3.8, 4) is 11.3 Å². The third kappa shape index (κ3) is 5.40. The molecule has 1 aromatic heterocycles. The molecule has 0 unspecified atom stereocenters. The molecule has 3 amide bonds. The Hall–Kier alpha value is -2.31. The normalized spacial score (nSPS) is 10.7. The molecule has 0 aliphatic heterocycles. The van der Waals surface area contributed by atoms with Gasteiger partial charge in [0.05, 0.1) is 13.1 Å². The van der Waals surface area contributed by atoms with Crippen LogP contribution in [0.1, 0.15) is 12.7 Å². The number of carbonyl (C=O) groups excluding carboxylic acids is 2. The largest absolute Gasteiger partial charge is 0.460 e. The molecule has 2 rings (SSSR count). The Bertz CT molecular complexity index is 697. The summed E-state index contributed by atoms with van der Waals surface area (Å²) in [6.45, 7) is 2.80. The molecule has 128 valence electrons. The minimum Gasteiger partial charge on any atom is -0.460 e. The van der Waals surface area contributed by atoms with Gasteiger partial charge < -0.3 is 9.73 Å². The number of halogens is 1. The Labute approximate surface area is 145 Å². The van der Waals surface area contributed by atoms with E-state index in [0.717, 1.165) is 17.1 Å². The van der Waals surface area contributed by atoms with Crippen molar-refractivity contribution in [3.63, 3.8) is 0 Å². The monoisotopic (exact) mass is 349 g/mol. The number of likely N-dealkylation sites (N-methyl/N-ethyl adjacent to an activating group) is 1. The van der Waals surface area contributed by atoms with Gasteiger partial charge in [0.25, 0.3) is 0 Å². The Balaban J connectivity index is 1.88. The quantitative estimate of drug-likeness (QED) is 0.841. The van der Waals surface area contributed by atoms with E-state index in [1.807, 2.05) is 24.3 Å². The summed E-state index contributed by atoms with van der Waals surface area (Å²) >= 11 is 5.87. The van der Waals surface area contributed by atoms with Gasteiger partial charge in [-0.25, -0.2) is 4.79 Å². The summed E-state index contributed by atoms with van der Waals surface area (Å²) in [5, 5.41) is 5.44. The lowest BCUT2D eigenvalue weighted by atomic mass is 10.2. The average molecular weight is 350 g/mol. The first-order valence-electron chi connectivity index (χ1n) is 7.58. The van der Waals surface area contributed by atoms with E-state index >= 15 is 0 Å². The Morgan fingerprint density at radius 1 is 1.17 bits per heavy atom. The third-order valence-corrected chi connectivity index (χ3v) is 3.47. The number of urea groups is 1. The zero-order valence-electron chi connectivity index (χ0n) is 13.6. The van der Waals surface area contributed by atoms with Crippen LogP contribution >= 0.6 is 11.6 Å². The number of carbonyl (C=O) groups is 2. The topological polar surface area (TPSA) is 74.6 Å². The number of hydrogen-bond donors (Lipinski definition) is 2. The zero-order valence-corrected chi connectivity index (χ0v) is 14.4. The lowest BCUT2D eigenvalue weighted by molar-refractivity contribution is -0.121. The number of amides is 3. The lowest BCUT2D eigenvalue weighted by Gasteiger charge is -2.14. The van der Waals surface area contributed by atoms with Crippen LogP contribution in [0.2, 0.25) is 5.02 Å². The van der Waals surface area contributed by atoms with Crippen molar-refractivity contribution in [2.45, 2.75) is 13.5 Å². The molecule has 0 radical (unpaired) electrons.